The second-order valence-corrected chi connectivity index (χ2v) is 5.81. The Morgan fingerprint density at radius 2 is 2.15 bits per heavy atom. The number of hydrogen-bond donors (Lipinski definition) is 3. The van der Waals surface area contributed by atoms with Crippen molar-refractivity contribution in [3.05, 3.63) is 69.0 Å². The smallest absolute Gasteiger partial charge is 0.347 e. The second kappa shape index (κ2) is 6.45. The Labute approximate surface area is 151 Å². The highest BCUT2D eigenvalue weighted by Crippen LogP contribution is 2.29. The molecule has 9 heteroatoms. The van der Waals surface area contributed by atoms with Crippen LogP contribution < -0.4 is 16.5 Å². The Kier molecular flexibility index (Phi) is 3.96. The van der Waals surface area contributed by atoms with Crippen molar-refractivity contribution < 1.29 is 13.9 Å². The molecule has 0 spiro atoms. The number of furan rings is 1. The summed E-state index contributed by atoms with van der Waals surface area (Å²) >= 11 is 0. The largest absolute Gasteiger partial charge is 0.507 e. The molecule has 0 amide bonds. The second-order valence-electron chi connectivity index (χ2n) is 5.81. The predicted octanol–water partition coefficient (Wildman–Crippen LogP) is 2.16. The molecule has 9 nitrogen and oxygen atoms in total. The van der Waals surface area contributed by atoms with E-state index in [2.05, 4.69) is 20.3 Å². The maximum absolute atomic E-state index is 12.6. The molecule has 0 atom stereocenters. The predicted molar refractivity (Wildman–Crippen MR) is 96.6 cm³/mol. The summed E-state index contributed by atoms with van der Waals surface area (Å²) in [5, 5.41) is 13.2. The summed E-state index contributed by atoms with van der Waals surface area (Å²) in [6, 6.07) is 6.30. The van der Waals surface area contributed by atoms with Crippen LogP contribution in [0, 0.1) is 6.92 Å². The molecular weight excluding hydrogens is 352 g/mol. The molecule has 0 aromatic carbocycles. The lowest BCUT2D eigenvalue weighted by atomic mass is 10.0. The molecule has 0 aliphatic heterocycles. The van der Waals surface area contributed by atoms with Crippen molar-refractivity contribution in [2.75, 3.05) is 5.32 Å². The molecule has 27 heavy (non-hydrogen) atoms. The van der Waals surface area contributed by atoms with Crippen molar-refractivity contribution in [3.63, 3.8) is 0 Å². The standard InChI is InChI=1S/C18H14N4O5/c1-9-7-12(23)13(17(25)27-9)11-4-5-19-15-14(11)16(24)22-18(21-15)20-8-10-3-2-6-26-10/h2-7,23H,8H2,1H3,(H2,19,20,21,22,24). The first kappa shape index (κ1) is 16.6. The van der Waals surface area contributed by atoms with Gasteiger partial charge in [0.05, 0.1) is 18.2 Å². The van der Waals surface area contributed by atoms with Crippen LogP contribution in [-0.2, 0) is 6.54 Å². The average molecular weight is 366 g/mol. The molecule has 0 aliphatic carbocycles. The van der Waals surface area contributed by atoms with Crippen molar-refractivity contribution in [2.45, 2.75) is 13.5 Å². The molecule has 0 saturated carbocycles. The van der Waals surface area contributed by atoms with Gasteiger partial charge in [-0.1, -0.05) is 0 Å². The Balaban J connectivity index is 1.83. The number of H-pyrrole nitrogens is 1. The van der Waals surface area contributed by atoms with Gasteiger partial charge in [0.1, 0.15) is 22.8 Å². The van der Waals surface area contributed by atoms with Crippen LogP contribution in [0.25, 0.3) is 22.2 Å². The third kappa shape index (κ3) is 3.06. The van der Waals surface area contributed by atoms with E-state index in [1.807, 2.05) is 0 Å². The van der Waals surface area contributed by atoms with E-state index in [0.29, 0.717) is 12.3 Å². The molecule has 0 bridgehead atoms. The molecule has 0 radical (unpaired) electrons. The maximum Gasteiger partial charge on any atom is 0.347 e. The van der Waals surface area contributed by atoms with Crippen LogP contribution >= 0.6 is 0 Å². The lowest BCUT2D eigenvalue weighted by Gasteiger charge is -2.08. The Hall–Kier alpha value is -3.88. The van der Waals surface area contributed by atoms with E-state index in [0.717, 1.165) is 0 Å². The first-order chi connectivity index (χ1) is 13.0. The van der Waals surface area contributed by atoms with E-state index in [-0.39, 0.29) is 39.6 Å². The Morgan fingerprint density at radius 3 is 2.89 bits per heavy atom. The van der Waals surface area contributed by atoms with Gasteiger partial charge in [-0.15, -0.1) is 0 Å². The number of aryl methyl sites for hydroxylation is 1. The Morgan fingerprint density at radius 1 is 1.30 bits per heavy atom. The van der Waals surface area contributed by atoms with Crippen molar-refractivity contribution in [2.24, 2.45) is 0 Å². The third-order valence-corrected chi connectivity index (χ3v) is 3.94. The number of aromatic hydroxyl groups is 1. The summed E-state index contributed by atoms with van der Waals surface area (Å²) in [4.78, 5) is 35.8. The average Bonchev–Trinajstić information content (AvgIpc) is 3.12. The fraction of sp³-hybridized carbons (Fsp3) is 0.111. The number of nitrogens with zero attached hydrogens (tertiary/aromatic N) is 2. The molecular formula is C18H14N4O5. The summed E-state index contributed by atoms with van der Waals surface area (Å²) in [5.74, 6) is 0.849. The van der Waals surface area contributed by atoms with Gasteiger partial charge in [-0.05, 0) is 25.1 Å². The highest BCUT2D eigenvalue weighted by Gasteiger charge is 2.18. The molecule has 4 aromatic rings. The van der Waals surface area contributed by atoms with Crippen LogP contribution in [0.2, 0.25) is 0 Å². The van der Waals surface area contributed by atoms with E-state index in [4.69, 9.17) is 8.83 Å². The van der Waals surface area contributed by atoms with Gasteiger partial charge in [-0.2, -0.15) is 4.98 Å². The Bertz CT molecular complexity index is 1240. The van der Waals surface area contributed by atoms with Crippen LogP contribution in [-0.4, -0.2) is 20.1 Å². The van der Waals surface area contributed by atoms with E-state index in [9.17, 15) is 14.7 Å². The number of aromatic nitrogens is 3. The summed E-state index contributed by atoms with van der Waals surface area (Å²) < 4.78 is 10.3. The molecule has 136 valence electrons. The van der Waals surface area contributed by atoms with Crippen LogP contribution in [0.1, 0.15) is 11.5 Å². The van der Waals surface area contributed by atoms with Crippen LogP contribution in [0.15, 0.2) is 55.1 Å². The zero-order valence-corrected chi connectivity index (χ0v) is 14.1. The topological polar surface area (TPSA) is 134 Å². The monoisotopic (exact) mass is 366 g/mol. The summed E-state index contributed by atoms with van der Waals surface area (Å²) in [7, 11) is 0. The van der Waals surface area contributed by atoms with Gasteiger partial charge in [0.25, 0.3) is 5.56 Å². The highest BCUT2D eigenvalue weighted by atomic mass is 16.4. The van der Waals surface area contributed by atoms with Crippen molar-refractivity contribution in [1.29, 1.82) is 0 Å². The molecule has 3 N–H and O–H groups in total. The number of pyridine rings is 1. The molecule has 4 heterocycles. The first-order valence-electron chi connectivity index (χ1n) is 8.02. The molecule has 0 aliphatic rings. The minimum absolute atomic E-state index is 0.0764. The number of aromatic amines is 1. The number of anilines is 1. The van der Waals surface area contributed by atoms with E-state index in [1.165, 1.54) is 18.3 Å². The van der Waals surface area contributed by atoms with Gasteiger partial charge in [0, 0.05) is 17.8 Å². The van der Waals surface area contributed by atoms with Crippen molar-refractivity contribution in [1.82, 2.24) is 15.0 Å². The van der Waals surface area contributed by atoms with Crippen LogP contribution in [0.3, 0.4) is 0 Å². The number of fused-ring (bicyclic) bond motifs is 1. The SMILES string of the molecule is Cc1cc(O)c(-c2ccnc3nc(NCc4ccco4)[nH]c(=O)c23)c(=O)o1. The first-order valence-corrected chi connectivity index (χ1v) is 8.02. The molecule has 0 unspecified atom stereocenters. The van der Waals surface area contributed by atoms with Gasteiger partial charge in [-0.3, -0.25) is 9.78 Å². The molecule has 4 rings (SSSR count). The summed E-state index contributed by atoms with van der Waals surface area (Å²) in [5.41, 5.74) is -1.06. The maximum atomic E-state index is 12.6. The molecule has 4 aromatic heterocycles. The summed E-state index contributed by atoms with van der Waals surface area (Å²) in [6.07, 6.45) is 2.94. The lowest BCUT2D eigenvalue weighted by molar-refractivity contribution is 0.438. The molecule has 0 fully saturated rings. The van der Waals surface area contributed by atoms with E-state index >= 15 is 0 Å². The number of nitrogens with one attached hydrogen (secondary N) is 2. The van der Waals surface area contributed by atoms with E-state index in [1.54, 1.807) is 25.3 Å². The van der Waals surface area contributed by atoms with Crippen molar-refractivity contribution in [3.8, 4) is 16.9 Å². The minimum Gasteiger partial charge on any atom is -0.507 e. The van der Waals surface area contributed by atoms with Gasteiger partial charge >= 0.3 is 5.63 Å². The van der Waals surface area contributed by atoms with E-state index < -0.39 is 11.2 Å². The number of hydrogen-bond acceptors (Lipinski definition) is 8. The fourth-order valence-corrected chi connectivity index (χ4v) is 2.78. The lowest BCUT2D eigenvalue weighted by Crippen LogP contribution is -2.15. The third-order valence-electron chi connectivity index (χ3n) is 3.94. The quantitative estimate of drug-likeness (QED) is 0.500. The van der Waals surface area contributed by atoms with Crippen LogP contribution in [0.5, 0.6) is 5.75 Å². The van der Waals surface area contributed by atoms with Gasteiger partial charge in [-0.25, -0.2) is 9.78 Å². The normalized spacial score (nSPS) is 11.0. The fourth-order valence-electron chi connectivity index (χ4n) is 2.78. The number of rotatable bonds is 4. The van der Waals surface area contributed by atoms with Crippen LogP contribution in [0.4, 0.5) is 5.95 Å². The minimum atomic E-state index is -0.751. The van der Waals surface area contributed by atoms with Gasteiger partial charge in [0.2, 0.25) is 5.95 Å². The van der Waals surface area contributed by atoms with Gasteiger partial charge < -0.3 is 19.3 Å². The zero-order valence-electron chi connectivity index (χ0n) is 14.1. The molecule has 0 saturated heterocycles. The van der Waals surface area contributed by atoms with Gasteiger partial charge in [0.15, 0.2) is 5.65 Å². The van der Waals surface area contributed by atoms with Crippen molar-refractivity contribution >= 4 is 17.0 Å². The zero-order chi connectivity index (χ0) is 19.0. The summed E-state index contributed by atoms with van der Waals surface area (Å²) in [6.45, 7) is 1.87. The highest BCUT2D eigenvalue weighted by molar-refractivity contribution is 5.93.